The summed E-state index contributed by atoms with van der Waals surface area (Å²) in [6.45, 7) is 4.63. The summed E-state index contributed by atoms with van der Waals surface area (Å²) in [5.41, 5.74) is 1.48. The monoisotopic (exact) mass is 190 g/mol. The molecule has 0 bridgehead atoms. The van der Waals surface area contributed by atoms with E-state index >= 15 is 0 Å². The lowest BCUT2D eigenvalue weighted by atomic mass is 10.0. The lowest BCUT2D eigenvalue weighted by molar-refractivity contribution is 0.414. The molecule has 0 heterocycles. The van der Waals surface area contributed by atoms with Crippen LogP contribution >= 0.6 is 0 Å². The van der Waals surface area contributed by atoms with Crippen molar-refractivity contribution in [2.75, 3.05) is 7.11 Å². The van der Waals surface area contributed by atoms with E-state index in [0.29, 0.717) is 0 Å². The highest BCUT2D eigenvalue weighted by Crippen LogP contribution is 2.51. The second-order valence-electron chi connectivity index (χ2n) is 4.52. The number of methoxy groups -OCH3 is 1. The van der Waals surface area contributed by atoms with Crippen molar-refractivity contribution < 1.29 is 4.74 Å². The fourth-order valence-corrected chi connectivity index (χ4v) is 2.19. The molecule has 1 aromatic carbocycles. The third kappa shape index (κ3) is 1.77. The maximum absolute atomic E-state index is 5.14. The maximum Gasteiger partial charge on any atom is 0.118 e. The van der Waals surface area contributed by atoms with E-state index < -0.39 is 0 Å². The van der Waals surface area contributed by atoms with E-state index in [-0.39, 0.29) is 0 Å². The topological polar surface area (TPSA) is 9.23 Å². The van der Waals surface area contributed by atoms with Crippen LogP contribution in [0.1, 0.15) is 31.7 Å². The van der Waals surface area contributed by atoms with Crippen molar-refractivity contribution in [2.45, 2.75) is 26.2 Å². The fraction of sp³-hybridized carbons (Fsp3) is 0.538. The van der Waals surface area contributed by atoms with Gasteiger partial charge in [-0.15, -0.1) is 0 Å². The molecule has 1 heteroatoms. The van der Waals surface area contributed by atoms with Crippen LogP contribution in [0.3, 0.4) is 0 Å². The van der Waals surface area contributed by atoms with Gasteiger partial charge in [-0.05, 0) is 41.9 Å². The highest BCUT2D eigenvalue weighted by atomic mass is 16.5. The lowest BCUT2D eigenvalue weighted by Gasteiger charge is -2.04. The molecule has 0 radical (unpaired) electrons. The first kappa shape index (κ1) is 9.57. The largest absolute Gasteiger partial charge is 0.497 e. The average molecular weight is 190 g/mol. The van der Waals surface area contributed by atoms with Crippen LogP contribution in [0, 0.1) is 11.8 Å². The van der Waals surface area contributed by atoms with Crippen molar-refractivity contribution in [3.8, 4) is 5.75 Å². The Morgan fingerprint density at radius 1 is 1.21 bits per heavy atom. The van der Waals surface area contributed by atoms with E-state index in [1.807, 2.05) is 0 Å². The number of benzene rings is 1. The summed E-state index contributed by atoms with van der Waals surface area (Å²) in [7, 11) is 1.71. The van der Waals surface area contributed by atoms with Crippen LogP contribution in [0.2, 0.25) is 0 Å². The van der Waals surface area contributed by atoms with E-state index in [9.17, 15) is 0 Å². The van der Waals surface area contributed by atoms with Crippen molar-refractivity contribution in [2.24, 2.45) is 11.8 Å². The molecule has 0 spiro atoms. The molecular formula is C13H18O. The molecule has 1 aliphatic rings. The van der Waals surface area contributed by atoms with Crippen molar-refractivity contribution in [3.05, 3.63) is 29.8 Å². The zero-order valence-electron chi connectivity index (χ0n) is 9.16. The number of rotatable bonds is 3. The molecule has 2 rings (SSSR count). The molecule has 0 aliphatic heterocycles. The highest BCUT2D eigenvalue weighted by Gasteiger charge is 2.39. The molecule has 1 nitrogen and oxygen atoms in total. The smallest absolute Gasteiger partial charge is 0.118 e. The van der Waals surface area contributed by atoms with Crippen LogP contribution in [-0.4, -0.2) is 7.11 Å². The van der Waals surface area contributed by atoms with Crippen molar-refractivity contribution in [3.63, 3.8) is 0 Å². The van der Waals surface area contributed by atoms with E-state index in [4.69, 9.17) is 4.74 Å². The first-order chi connectivity index (χ1) is 6.72. The quantitative estimate of drug-likeness (QED) is 0.709. The Morgan fingerprint density at radius 2 is 1.86 bits per heavy atom. The minimum atomic E-state index is 0.806. The van der Waals surface area contributed by atoms with Crippen LogP contribution in [-0.2, 0) is 0 Å². The number of hydrogen-bond donors (Lipinski definition) is 0. The molecule has 0 aromatic heterocycles. The maximum atomic E-state index is 5.14. The first-order valence-electron chi connectivity index (χ1n) is 5.36. The van der Waals surface area contributed by atoms with Gasteiger partial charge in [-0.3, -0.25) is 0 Å². The van der Waals surface area contributed by atoms with Gasteiger partial charge in [0.25, 0.3) is 0 Å². The van der Waals surface area contributed by atoms with Crippen LogP contribution < -0.4 is 4.74 Å². The standard InChI is InChI=1S/C13H18O/c1-9(2)12-8-13(12)10-4-6-11(14-3)7-5-10/h4-7,9,12-13H,8H2,1-3H3/t12-,13-/m1/s1. The van der Waals surface area contributed by atoms with E-state index in [0.717, 1.165) is 23.5 Å². The molecule has 76 valence electrons. The fourth-order valence-electron chi connectivity index (χ4n) is 2.19. The Hall–Kier alpha value is -0.980. The lowest BCUT2D eigenvalue weighted by Crippen LogP contribution is -1.92. The molecule has 1 fully saturated rings. The highest BCUT2D eigenvalue weighted by molar-refractivity contribution is 5.32. The molecule has 0 saturated heterocycles. The van der Waals surface area contributed by atoms with Gasteiger partial charge >= 0.3 is 0 Å². The summed E-state index contributed by atoms with van der Waals surface area (Å²) in [5, 5.41) is 0. The Bertz CT molecular complexity index is 300. The summed E-state index contributed by atoms with van der Waals surface area (Å²) < 4.78 is 5.14. The van der Waals surface area contributed by atoms with E-state index in [1.54, 1.807) is 7.11 Å². The minimum absolute atomic E-state index is 0.806. The van der Waals surface area contributed by atoms with E-state index in [1.165, 1.54) is 12.0 Å². The first-order valence-corrected chi connectivity index (χ1v) is 5.36. The molecule has 1 aromatic rings. The van der Waals surface area contributed by atoms with Crippen molar-refractivity contribution in [1.82, 2.24) is 0 Å². The van der Waals surface area contributed by atoms with Crippen LogP contribution in [0.15, 0.2) is 24.3 Å². The molecule has 1 saturated carbocycles. The Balaban J connectivity index is 2.05. The Morgan fingerprint density at radius 3 is 2.29 bits per heavy atom. The van der Waals surface area contributed by atoms with Gasteiger partial charge in [0, 0.05) is 0 Å². The van der Waals surface area contributed by atoms with Gasteiger partial charge < -0.3 is 4.74 Å². The predicted molar refractivity (Wildman–Crippen MR) is 58.7 cm³/mol. The summed E-state index contributed by atoms with van der Waals surface area (Å²) >= 11 is 0. The molecular weight excluding hydrogens is 172 g/mol. The second-order valence-corrected chi connectivity index (χ2v) is 4.52. The van der Waals surface area contributed by atoms with Crippen LogP contribution in [0.5, 0.6) is 5.75 Å². The van der Waals surface area contributed by atoms with Gasteiger partial charge in [-0.2, -0.15) is 0 Å². The number of hydrogen-bond acceptors (Lipinski definition) is 1. The zero-order chi connectivity index (χ0) is 10.1. The summed E-state index contributed by atoms with van der Waals surface area (Å²) in [5.74, 6) is 3.49. The van der Waals surface area contributed by atoms with Crippen molar-refractivity contribution >= 4 is 0 Å². The summed E-state index contributed by atoms with van der Waals surface area (Å²) in [6.07, 6.45) is 1.37. The van der Waals surface area contributed by atoms with Gasteiger partial charge in [0.05, 0.1) is 7.11 Å². The number of ether oxygens (including phenoxy) is 1. The second kappa shape index (κ2) is 3.64. The average Bonchev–Trinajstić information content (AvgIpc) is 2.97. The zero-order valence-corrected chi connectivity index (χ0v) is 9.16. The SMILES string of the molecule is COc1ccc([C@H]2C[C@@H]2C(C)C)cc1. The molecule has 0 unspecified atom stereocenters. The van der Waals surface area contributed by atoms with Crippen LogP contribution in [0.25, 0.3) is 0 Å². The Labute approximate surface area is 86.1 Å². The van der Waals surface area contributed by atoms with Crippen LogP contribution in [0.4, 0.5) is 0 Å². The van der Waals surface area contributed by atoms with Gasteiger partial charge in [0.1, 0.15) is 5.75 Å². The minimum Gasteiger partial charge on any atom is -0.497 e. The normalized spacial score (nSPS) is 25.1. The van der Waals surface area contributed by atoms with Gasteiger partial charge in [0.15, 0.2) is 0 Å². The predicted octanol–water partition coefficient (Wildman–Crippen LogP) is 3.45. The summed E-state index contributed by atoms with van der Waals surface area (Å²) in [4.78, 5) is 0. The van der Waals surface area contributed by atoms with E-state index in [2.05, 4.69) is 38.1 Å². The molecule has 14 heavy (non-hydrogen) atoms. The van der Waals surface area contributed by atoms with Gasteiger partial charge in [-0.1, -0.05) is 26.0 Å². The third-order valence-electron chi connectivity index (χ3n) is 3.24. The molecule has 1 aliphatic carbocycles. The molecule has 2 atom stereocenters. The van der Waals surface area contributed by atoms with Gasteiger partial charge in [-0.25, -0.2) is 0 Å². The molecule has 0 amide bonds. The Kier molecular flexibility index (Phi) is 2.49. The van der Waals surface area contributed by atoms with Gasteiger partial charge in [0.2, 0.25) is 0 Å². The molecule has 0 N–H and O–H groups in total. The third-order valence-corrected chi connectivity index (χ3v) is 3.24. The van der Waals surface area contributed by atoms with Crippen molar-refractivity contribution in [1.29, 1.82) is 0 Å². The summed E-state index contributed by atoms with van der Waals surface area (Å²) in [6, 6.07) is 8.52.